The van der Waals surface area contributed by atoms with Gasteiger partial charge >= 0.3 is 0 Å². The molecule has 0 aliphatic heterocycles. The summed E-state index contributed by atoms with van der Waals surface area (Å²) >= 11 is 0. The highest BCUT2D eigenvalue weighted by molar-refractivity contribution is 5.83. The van der Waals surface area contributed by atoms with Crippen LogP contribution in [0.3, 0.4) is 0 Å². The zero-order valence-corrected chi connectivity index (χ0v) is 21.9. The fraction of sp³-hybridized carbons (Fsp3) is 0. The monoisotopic (exact) mass is 558 g/mol. The van der Waals surface area contributed by atoms with E-state index in [0.29, 0.717) is 33.3 Å². The predicted molar refractivity (Wildman–Crippen MR) is 154 cm³/mol. The first kappa shape index (κ1) is 24.1. The van der Waals surface area contributed by atoms with Gasteiger partial charge in [0.25, 0.3) is 17.7 Å². The van der Waals surface area contributed by atoms with Gasteiger partial charge in [0.2, 0.25) is 17.5 Å². The summed E-state index contributed by atoms with van der Waals surface area (Å²) in [4.78, 5) is 27.4. The number of para-hydroxylation sites is 2. The molecular formula is C32H14N8O3. The molecule has 0 fully saturated rings. The minimum Gasteiger partial charge on any atom is -0.434 e. The Balaban J connectivity index is 1.30. The Morgan fingerprint density at radius 1 is 0.442 bits per heavy atom. The number of hydrogen-bond acceptors (Lipinski definition) is 11. The summed E-state index contributed by atoms with van der Waals surface area (Å²) in [6, 6.07) is 29.9. The van der Waals surface area contributed by atoms with E-state index >= 15 is 0 Å². The molecule has 4 aromatic heterocycles. The van der Waals surface area contributed by atoms with Crippen molar-refractivity contribution in [2.24, 2.45) is 0 Å². The molecule has 4 heterocycles. The molecule has 0 aliphatic rings. The van der Waals surface area contributed by atoms with Gasteiger partial charge in [-0.1, -0.05) is 48.5 Å². The van der Waals surface area contributed by atoms with E-state index in [-0.39, 0.29) is 46.3 Å². The molecule has 0 spiro atoms. The third kappa shape index (κ3) is 4.13. The Hall–Kier alpha value is -6.72. The second kappa shape index (κ2) is 9.44. The normalized spacial score (nSPS) is 11.2. The van der Waals surface area contributed by atoms with Crippen molar-refractivity contribution in [3.8, 4) is 58.4 Å². The van der Waals surface area contributed by atoms with E-state index in [4.69, 9.17) is 13.3 Å². The number of rotatable bonds is 4. The van der Waals surface area contributed by atoms with E-state index in [1.54, 1.807) is 6.07 Å². The van der Waals surface area contributed by atoms with Crippen LogP contribution in [0.2, 0.25) is 0 Å². The van der Waals surface area contributed by atoms with Crippen molar-refractivity contribution in [3.05, 3.63) is 96.1 Å². The Labute approximate surface area is 241 Å². The molecule has 0 unspecified atom stereocenters. The minimum absolute atomic E-state index is 0.0393. The van der Waals surface area contributed by atoms with Crippen LogP contribution in [0.15, 0.2) is 98.2 Å². The lowest BCUT2D eigenvalue weighted by molar-refractivity contribution is 0.597. The molecule has 0 saturated heterocycles. The molecular weight excluding hydrogens is 544 g/mol. The summed E-state index contributed by atoms with van der Waals surface area (Å²) in [6.07, 6.45) is 0. The molecule has 0 atom stereocenters. The van der Waals surface area contributed by atoms with E-state index in [0.717, 1.165) is 11.1 Å². The summed E-state index contributed by atoms with van der Waals surface area (Å²) in [7, 11) is 0. The molecule has 8 rings (SSSR count). The minimum atomic E-state index is 0.0393. The van der Waals surface area contributed by atoms with Crippen LogP contribution in [-0.2, 0) is 0 Å². The number of oxazole rings is 3. The molecule has 0 saturated carbocycles. The highest BCUT2D eigenvalue weighted by Crippen LogP contribution is 2.31. The van der Waals surface area contributed by atoms with Gasteiger partial charge in [0, 0.05) is 6.07 Å². The van der Waals surface area contributed by atoms with Crippen LogP contribution in [-0.4, -0.2) is 29.9 Å². The highest BCUT2D eigenvalue weighted by atomic mass is 16.4. The Morgan fingerprint density at radius 3 is 1.63 bits per heavy atom. The summed E-state index contributed by atoms with van der Waals surface area (Å²) in [5.41, 5.74) is 5.41. The van der Waals surface area contributed by atoms with Crippen molar-refractivity contribution >= 4 is 33.3 Å². The molecule has 8 aromatic rings. The fourth-order valence-corrected chi connectivity index (χ4v) is 4.72. The van der Waals surface area contributed by atoms with Crippen LogP contribution in [0.5, 0.6) is 0 Å². The Morgan fingerprint density at radius 2 is 0.977 bits per heavy atom. The van der Waals surface area contributed by atoms with Gasteiger partial charge < -0.3 is 13.3 Å². The van der Waals surface area contributed by atoms with Crippen LogP contribution in [0.1, 0.15) is 11.1 Å². The van der Waals surface area contributed by atoms with Crippen LogP contribution in [0.25, 0.3) is 79.6 Å². The molecule has 0 amide bonds. The molecule has 11 nitrogen and oxygen atoms in total. The van der Waals surface area contributed by atoms with Crippen molar-refractivity contribution < 1.29 is 13.3 Å². The second-order valence-electron chi connectivity index (χ2n) is 9.47. The molecule has 11 heteroatoms. The first-order chi connectivity index (χ1) is 21.1. The summed E-state index contributed by atoms with van der Waals surface area (Å²) < 4.78 is 17.9. The third-order valence-corrected chi connectivity index (χ3v) is 6.77. The van der Waals surface area contributed by atoms with Gasteiger partial charge in [-0.05, 0) is 41.5 Å². The third-order valence-electron chi connectivity index (χ3n) is 6.77. The maximum Gasteiger partial charge on any atom is 0.266 e. The van der Waals surface area contributed by atoms with Crippen LogP contribution in [0.4, 0.5) is 0 Å². The zero-order chi connectivity index (χ0) is 28.9. The first-order valence-electron chi connectivity index (χ1n) is 13.0. The van der Waals surface area contributed by atoms with Gasteiger partial charge in [-0.25, -0.2) is 15.0 Å². The molecule has 43 heavy (non-hydrogen) atoms. The average molecular weight is 559 g/mol. The lowest BCUT2D eigenvalue weighted by atomic mass is 10.1. The maximum atomic E-state index is 9.43. The van der Waals surface area contributed by atoms with E-state index in [1.807, 2.05) is 78.9 Å². The van der Waals surface area contributed by atoms with Gasteiger partial charge in [0.1, 0.15) is 28.7 Å². The van der Waals surface area contributed by atoms with Crippen LogP contribution in [0, 0.1) is 22.7 Å². The van der Waals surface area contributed by atoms with Gasteiger partial charge in [0.15, 0.2) is 16.7 Å². The van der Waals surface area contributed by atoms with Crippen molar-refractivity contribution in [2.45, 2.75) is 0 Å². The number of fused-ring (bicyclic) bond motifs is 3. The lowest BCUT2D eigenvalue weighted by Gasteiger charge is -2.01. The summed E-state index contributed by atoms with van der Waals surface area (Å²) in [5, 5.41) is 18.9. The highest BCUT2D eigenvalue weighted by Gasteiger charge is 2.22. The van der Waals surface area contributed by atoms with Crippen molar-refractivity contribution in [2.75, 3.05) is 0 Å². The van der Waals surface area contributed by atoms with Crippen LogP contribution >= 0.6 is 0 Å². The quantitative estimate of drug-likeness (QED) is 0.225. The summed E-state index contributed by atoms with van der Waals surface area (Å²) in [6.45, 7) is 0. The number of nitriles is 2. The Bertz CT molecular complexity index is 2360. The van der Waals surface area contributed by atoms with Gasteiger partial charge in [-0.2, -0.15) is 25.5 Å². The molecule has 0 aliphatic carbocycles. The van der Waals surface area contributed by atoms with Crippen LogP contribution < -0.4 is 0 Å². The van der Waals surface area contributed by atoms with Crippen molar-refractivity contribution in [1.82, 2.24) is 29.9 Å². The number of benzene rings is 4. The molecule has 200 valence electrons. The zero-order valence-electron chi connectivity index (χ0n) is 21.9. The number of hydrogen-bond donors (Lipinski definition) is 0. The smallest absolute Gasteiger partial charge is 0.266 e. The van der Waals surface area contributed by atoms with E-state index in [9.17, 15) is 10.5 Å². The SMILES string of the molecule is N#Cc1cc2nc(-c3nc(-c4nc5ccccc5o4)nc(-c4nc5cc(-c6ccccc6)ccc5o4)n3)oc2cc1C#N. The number of aromatic nitrogens is 6. The Kier molecular flexibility index (Phi) is 5.29. The number of nitrogens with zero attached hydrogens (tertiary/aromatic N) is 8. The largest absolute Gasteiger partial charge is 0.434 e. The standard InChI is InChI=1S/C32H14N8O3/c33-15-19-13-23-26(14-20(19)16-34)43-32(37-23)29-39-27(30-35-21-8-4-5-9-24(21)41-30)38-28(40-29)31-36-22-12-18(10-11-25(22)42-31)17-6-2-1-3-7-17/h1-14H. The van der Waals surface area contributed by atoms with E-state index < -0.39 is 0 Å². The molecule has 0 N–H and O–H groups in total. The topological polar surface area (TPSA) is 164 Å². The van der Waals surface area contributed by atoms with Gasteiger partial charge in [-0.15, -0.1) is 0 Å². The lowest BCUT2D eigenvalue weighted by Crippen LogP contribution is -2.00. The van der Waals surface area contributed by atoms with Gasteiger partial charge in [0.05, 0.1) is 11.1 Å². The van der Waals surface area contributed by atoms with Crippen molar-refractivity contribution in [1.29, 1.82) is 10.5 Å². The first-order valence-corrected chi connectivity index (χ1v) is 13.0. The average Bonchev–Trinajstić information content (AvgIpc) is 3.80. The molecule has 0 bridgehead atoms. The molecule has 4 aromatic carbocycles. The second-order valence-corrected chi connectivity index (χ2v) is 9.47. The van der Waals surface area contributed by atoms with E-state index in [2.05, 4.69) is 29.9 Å². The molecule has 0 radical (unpaired) electrons. The summed E-state index contributed by atoms with van der Waals surface area (Å²) in [5.74, 6) is 0.623. The predicted octanol–water partition coefficient (Wildman–Crippen LogP) is 6.71. The fourth-order valence-electron chi connectivity index (χ4n) is 4.72. The van der Waals surface area contributed by atoms with Gasteiger partial charge in [-0.3, -0.25) is 0 Å². The van der Waals surface area contributed by atoms with E-state index in [1.165, 1.54) is 12.1 Å². The van der Waals surface area contributed by atoms with Crippen molar-refractivity contribution in [3.63, 3.8) is 0 Å². The maximum absolute atomic E-state index is 9.43.